The highest BCUT2D eigenvalue weighted by Crippen LogP contribution is 2.44. The van der Waals surface area contributed by atoms with Crippen LogP contribution in [-0.4, -0.2) is 99.8 Å². The molecule has 1 amide bonds. The van der Waals surface area contributed by atoms with Crippen molar-refractivity contribution in [2.24, 2.45) is 5.92 Å². The quantitative estimate of drug-likeness (QED) is 0.202. The summed E-state index contributed by atoms with van der Waals surface area (Å²) in [5.41, 5.74) is 0. The molecule has 0 bridgehead atoms. The number of rotatable bonds is 18. The Morgan fingerprint density at radius 3 is 1.81 bits per heavy atom. The third-order valence-corrected chi connectivity index (χ3v) is 6.35. The maximum atomic E-state index is 12.0. The summed E-state index contributed by atoms with van der Waals surface area (Å²) in [4.78, 5) is 32.0. The van der Waals surface area contributed by atoms with E-state index in [1.54, 1.807) is 4.90 Å². The molecule has 0 radical (unpaired) electrons. The summed E-state index contributed by atoms with van der Waals surface area (Å²) in [6.45, 7) is 5.07. The Balaban J connectivity index is 1.97. The number of carbonyl (C=O) groups excluding carboxylic acids is 1. The van der Waals surface area contributed by atoms with Gasteiger partial charge in [0.1, 0.15) is 0 Å². The molecule has 0 saturated carbocycles. The van der Waals surface area contributed by atoms with Gasteiger partial charge >= 0.3 is 15.6 Å². The lowest BCUT2D eigenvalue weighted by Gasteiger charge is -2.23. The normalized spacial score (nSPS) is 22.6. The van der Waals surface area contributed by atoms with E-state index in [0.717, 1.165) is 7.11 Å². The maximum Gasteiger partial charge on any atom is 0.472 e. The molecule has 2 N–H and O–H groups in total. The van der Waals surface area contributed by atoms with E-state index in [0.29, 0.717) is 18.9 Å². The van der Waals surface area contributed by atoms with Gasteiger partial charge in [0.2, 0.25) is 5.91 Å². The van der Waals surface area contributed by atoms with Crippen molar-refractivity contribution in [1.29, 1.82) is 0 Å². The predicted molar refractivity (Wildman–Crippen MR) is 112 cm³/mol. The monoisotopic (exact) mass is 507 g/mol. The largest absolute Gasteiger partial charge is 0.472 e. The smallest absolute Gasteiger partial charge is 0.377 e. The number of likely N-dealkylation sites (tertiary alicyclic amines) is 1. The average Bonchev–Trinajstić information content (AvgIpc) is 3.11. The van der Waals surface area contributed by atoms with E-state index >= 15 is 0 Å². The van der Waals surface area contributed by atoms with Gasteiger partial charge < -0.3 is 28.9 Å². The number of phosphoric ester groups is 2. The van der Waals surface area contributed by atoms with Crippen molar-refractivity contribution in [3.63, 3.8) is 0 Å². The van der Waals surface area contributed by atoms with E-state index in [1.165, 1.54) is 6.92 Å². The van der Waals surface area contributed by atoms with Crippen LogP contribution in [0.5, 0.6) is 0 Å². The zero-order valence-corrected chi connectivity index (χ0v) is 20.5. The third kappa shape index (κ3) is 13.3. The van der Waals surface area contributed by atoms with Crippen LogP contribution in [0.2, 0.25) is 0 Å². The maximum absolute atomic E-state index is 12.0. The highest BCUT2D eigenvalue weighted by molar-refractivity contribution is 7.47. The minimum absolute atomic E-state index is 0.0632. The fraction of sp³-hybridized carbons (Fsp3) is 0.941. The summed E-state index contributed by atoms with van der Waals surface area (Å²) in [5.74, 6) is 0.221. The van der Waals surface area contributed by atoms with Crippen LogP contribution in [0.25, 0.3) is 0 Å². The van der Waals surface area contributed by atoms with Crippen LogP contribution in [0, 0.1) is 5.92 Å². The highest BCUT2D eigenvalue weighted by Gasteiger charge is 2.33. The van der Waals surface area contributed by atoms with Gasteiger partial charge in [-0.2, -0.15) is 0 Å². The minimum Gasteiger partial charge on any atom is -0.377 e. The Morgan fingerprint density at radius 2 is 1.34 bits per heavy atom. The van der Waals surface area contributed by atoms with E-state index < -0.39 is 15.6 Å². The molecule has 1 saturated heterocycles. The summed E-state index contributed by atoms with van der Waals surface area (Å²) in [7, 11) is -7.14. The molecular weight excluding hydrogens is 472 g/mol. The van der Waals surface area contributed by atoms with E-state index in [4.69, 9.17) is 28.2 Å². The molecule has 1 aliphatic rings. The fourth-order valence-electron chi connectivity index (χ4n) is 2.93. The summed E-state index contributed by atoms with van der Waals surface area (Å²) in [5, 5.41) is 0. The lowest BCUT2D eigenvalue weighted by Crippen LogP contribution is -2.36. The van der Waals surface area contributed by atoms with Gasteiger partial charge in [-0.05, 0) is 12.3 Å². The van der Waals surface area contributed by atoms with Crippen molar-refractivity contribution in [1.82, 2.24) is 4.90 Å². The minimum atomic E-state index is -4.23. The van der Waals surface area contributed by atoms with Gasteiger partial charge in [0.15, 0.2) is 0 Å². The molecular formula is C17H35NO12P2. The molecule has 0 aliphatic carbocycles. The van der Waals surface area contributed by atoms with Crippen molar-refractivity contribution in [2.75, 3.05) is 73.1 Å². The molecule has 1 rings (SSSR count). The van der Waals surface area contributed by atoms with Crippen LogP contribution in [0.3, 0.4) is 0 Å². The van der Waals surface area contributed by atoms with E-state index in [9.17, 15) is 18.8 Å². The molecule has 0 aromatic heterocycles. The molecule has 4 atom stereocenters. The van der Waals surface area contributed by atoms with Crippen LogP contribution in [0.1, 0.15) is 20.3 Å². The topological polar surface area (TPSA) is 160 Å². The Bertz CT molecular complexity index is 637. The van der Waals surface area contributed by atoms with Crippen LogP contribution < -0.4 is 0 Å². The zero-order valence-electron chi connectivity index (χ0n) is 18.8. The van der Waals surface area contributed by atoms with Crippen molar-refractivity contribution >= 4 is 21.6 Å². The number of carbonyl (C=O) groups is 1. The predicted octanol–water partition coefficient (Wildman–Crippen LogP) is 1.19. The zero-order chi connectivity index (χ0) is 24.0. The van der Waals surface area contributed by atoms with E-state index in [-0.39, 0.29) is 71.4 Å². The first kappa shape index (κ1) is 29.6. The molecule has 1 heterocycles. The molecule has 2 unspecified atom stereocenters. The third-order valence-electron chi connectivity index (χ3n) is 4.40. The van der Waals surface area contributed by atoms with Gasteiger partial charge in [-0.3, -0.25) is 22.9 Å². The first-order chi connectivity index (χ1) is 15.1. The molecule has 0 spiro atoms. The fourth-order valence-corrected chi connectivity index (χ4v) is 4.08. The number of ether oxygens (including phenoxy) is 3. The van der Waals surface area contributed by atoms with Crippen LogP contribution in [-0.2, 0) is 46.2 Å². The molecule has 0 aromatic rings. The standard InChI is InChI=1S/C17H35NO12P2/c1-15-12-17(18(13-15)16(2)19)14-30-32(22,23)29-11-9-27-7-5-25-4-6-26-8-10-28-31(20,21)24-3/h15,17H,4-14H2,1-3H3,(H,20,21)(H,22,23)/t15-,17+/m1/s1. The van der Waals surface area contributed by atoms with Gasteiger partial charge in [-0.25, -0.2) is 9.13 Å². The summed E-state index contributed by atoms with van der Waals surface area (Å²) < 4.78 is 57.3. The lowest BCUT2D eigenvalue weighted by atomic mass is 10.1. The van der Waals surface area contributed by atoms with E-state index in [1.807, 2.05) is 6.92 Å². The van der Waals surface area contributed by atoms with Crippen LogP contribution in [0.15, 0.2) is 0 Å². The van der Waals surface area contributed by atoms with E-state index in [2.05, 4.69) is 9.05 Å². The van der Waals surface area contributed by atoms with Crippen LogP contribution in [0.4, 0.5) is 0 Å². The number of phosphoric acid groups is 2. The molecule has 190 valence electrons. The number of nitrogens with zero attached hydrogens (tertiary/aromatic N) is 1. The number of amides is 1. The molecule has 32 heavy (non-hydrogen) atoms. The molecule has 1 fully saturated rings. The second-order valence-corrected chi connectivity index (χ2v) is 10.1. The average molecular weight is 507 g/mol. The van der Waals surface area contributed by atoms with Gasteiger partial charge in [-0.1, -0.05) is 6.92 Å². The van der Waals surface area contributed by atoms with Crippen molar-refractivity contribution in [3.05, 3.63) is 0 Å². The summed E-state index contributed by atoms with van der Waals surface area (Å²) in [6, 6.07) is -0.238. The number of hydrogen-bond acceptors (Lipinski definition) is 10. The van der Waals surface area contributed by atoms with Gasteiger partial charge in [0.05, 0.1) is 65.5 Å². The van der Waals surface area contributed by atoms with Crippen LogP contribution >= 0.6 is 15.6 Å². The number of hydrogen-bond donors (Lipinski definition) is 2. The second-order valence-electron chi connectivity index (χ2n) is 7.09. The van der Waals surface area contributed by atoms with Crippen molar-refractivity contribution in [2.45, 2.75) is 26.3 Å². The van der Waals surface area contributed by atoms with Crippen molar-refractivity contribution < 1.29 is 56.0 Å². The lowest BCUT2D eigenvalue weighted by molar-refractivity contribution is -0.130. The summed E-state index contributed by atoms with van der Waals surface area (Å²) in [6.07, 6.45) is 0.708. The van der Waals surface area contributed by atoms with Gasteiger partial charge in [-0.15, -0.1) is 0 Å². The Morgan fingerprint density at radius 1 is 0.875 bits per heavy atom. The van der Waals surface area contributed by atoms with Gasteiger partial charge in [0.25, 0.3) is 0 Å². The first-order valence-corrected chi connectivity index (χ1v) is 13.2. The Kier molecular flexibility index (Phi) is 14.3. The molecule has 1 aliphatic heterocycles. The van der Waals surface area contributed by atoms with Crippen molar-refractivity contribution in [3.8, 4) is 0 Å². The molecule has 0 aromatic carbocycles. The molecule has 13 nitrogen and oxygen atoms in total. The SMILES string of the molecule is COP(=O)(O)OCCOCCOCCOCCOP(=O)(O)OC[C@@H]1C[C@@H](C)CN1C(C)=O. The second kappa shape index (κ2) is 15.5. The van der Waals surface area contributed by atoms with Gasteiger partial charge in [0, 0.05) is 20.6 Å². The highest BCUT2D eigenvalue weighted by atomic mass is 31.2. The molecule has 15 heteroatoms. The Hall–Kier alpha value is -0.430. The Labute approximate surface area is 188 Å². The summed E-state index contributed by atoms with van der Waals surface area (Å²) >= 11 is 0. The first-order valence-electron chi connectivity index (χ1n) is 10.2.